The topological polar surface area (TPSA) is 29.5 Å². The summed E-state index contributed by atoms with van der Waals surface area (Å²) in [6, 6.07) is 0. The normalized spacial score (nSPS) is 34.7. The number of likely N-dealkylation sites (tertiary alicyclic amines) is 1. The molecule has 0 radical (unpaired) electrons. The quantitative estimate of drug-likeness (QED) is 0.530. The third-order valence-electron chi connectivity index (χ3n) is 5.90. The minimum absolute atomic E-state index is 0.167. The Morgan fingerprint density at radius 3 is 2.48 bits per heavy atom. The van der Waals surface area contributed by atoms with Crippen molar-refractivity contribution in [3.8, 4) is 0 Å². The number of hydrogen-bond donors (Lipinski definition) is 0. The maximum Gasteiger partial charge on any atom is 0.410 e. The summed E-state index contributed by atoms with van der Waals surface area (Å²) in [4.78, 5) is 14.3. The number of rotatable bonds is 1. The van der Waals surface area contributed by atoms with E-state index in [1.807, 2.05) is 25.7 Å². The predicted molar refractivity (Wildman–Crippen MR) is 96.3 cm³/mol. The minimum atomic E-state index is -0.423. The van der Waals surface area contributed by atoms with Crippen molar-refractivity contribution < 1.29 is 9.53 Å². The lowest BCUT2D eigenvalue weighted by Crippen LogP contribution is -2.46. The Morgan fingerprint density at radius 2 is 1.87 bits per heavy atom. The standard InChI is InChI=1S/C19H32BNO2/c1-13-8-15(12-21(11-13)18(22)23-19(2,3)4)14-9-16-6-5-7-17(10-14)20-16/h14-17,20H,1,5-12H2,2-4H3. The number of hydrogen-bond acceptors (Lipinski definition) is 2. The number of fused-ring (bicyclic) bond motifs is 2. The monoisotopic (exact) mass is 317 g/mol. The van der Waals surface area contributed by atoms with Gasteiger partial charge >= 0.3 is 6.09 Å². The van der Waals surface area contributed by atoms with Gasteiger partial charge in [0.15, 0.2) is 0 Å². The van der Waals surface area contributed by atoms with Gasteiger partial charge in [0.25, 0.3) is 0 Å². The highest BCUT2D eigenvalue weighted by Gasteiger charge is 2.39. The van der Waals surface area contributed by atoms with Crippen LogP contribution in [0.1, 0.15) is 59.3 Å². The maximum absolute atomic E-state index is 12.4. The first-order valence-corrected chi connectivity index (χ1v) is 9.44. The van der Waals surface area contributed by atoms with Crippen molar-refractivity contribution in [1.82, 2.24) is 4.90 Å². The van der Waals surface area contributed by atoms with Crippen LogP contribution in [0, 0.1) is 11.8 Å². The summed E-state index contributed by atoms with van der Waals surface area (Å²) in [6.07, 6.45) is 7.96. The zero-order valence-corrected chi connectivity index (χ0v) is 15.1. The van der Waals surface area contributed by atoms with E-state index in [-0.39, 0.29) is 6.09 Å². The third kappa shape index (κ3) is 4.33. The predicted octanol–water partition coefficient (Wildman–Crippen LogP) is 4.41. The van der Waals surface area contributed by atoms with Crippen LogP contribution in [0.25, 0.3) is 0 Å². The molecular formula is C19H32BNO2. The molecule has 0 saturated carbocycles. The molecule has 3 heterocycles. The largest absolute Gasteiger partial charge is 0.444 e. The van der Waals surface area contributed by atoms with E-state index in [9.17, 15) is 4.79 Å². The summed E-state index contributed by atoms with van der Waals surface area (Å²) in [5.74, 6) is 3.25. The Bertz CT molecular complexity index is 458. The van der Waals surface area contributed by atoms with Crippen LogP contribution < -0.4 is 0 Å². The lowest BCUT2D eigenvalue weighted by atomic mass is 9.41. The highest BCUT2D eigenvalue weighted by Crippen LogP contribution is 2.48. The van der Waals surface area contributed by atoms with Crippen LogP contribution in [-0.4, -0.2) is 37.0 Å². The van der Waals surface area contributed by atoms with Gasteiger partial charge in [-0.1, -0.05) is 55.9 Å². The van der Waals surface area contributed by atoms with Gasteiger partial charge in [0.05, 0.1) is 0 Å². The van der Waals surface area contributed by atoms with Crippen LogP contribution in [0.2, 0.25) is 11.6 Å². The Balaban J connectivity index is 1.63. The van der Waals surface area contributed by atoms with E-state index in [0.717, 1.165) is 30.5 Å². The molecule has 0 N–H and O–H groups in total. The third-order valence-corrected chi connectivity index (χ3v) is 5.90. The first-order valence-electron chi connectivity index (χ1n) is 9.44. The molecule has 4 heteroatoms. The molecule has 23 heavy (non-hydrogen) atoms. The minimum Gasteiger partial charge on any atom is -0.444 e. The lowest BCUT2D eigenvalue weighted by molar-refractivity contribution is 0.0170. The van der Waals surface area contributed by atoms with E-state index in [1.54, 1.807) is 0 Å². The van der Waals surface area contributed by atoms with E-state index >= 15 is 0 Å². The van der Waals surface area contributed by atoms with Crippen molar-refractivity contribution in [2.75, 3.05) is 13.1 Å². The van der Waals surface area contributed by atoms with Gasteiger partial charge in [0.2, 0.25) is 0 Å². The Hall–Kier alpha value is -0.925. The molecule has 0 aromatic rings. The molecule has 3 aliphatic heterocycles. The number of nitrogens with zero attached hydrogens (tertiary/aromatic N) is 1. The number of carbonyl (C=O) groups excluding carboxylic acids is 1. The van der Waals surface area contributed by atoms with Crippen LogP contribution in [0.5, 0.6) is 0 Å². The second kappa shape index (κ2) is 6.53. The summed E-state index contributed by atoms with van der Waals surface area (Å²) < 4.78 is 5.58. The van der Waals surface area contributed by atoms with Crippen LogP contribution in [-0.2, 0) is 4.74 Å². The summed E-state index contributed by atoms with van der Waals surface area (Å²) in [6.45, 7) is 11.5. The molecular weight excluding hydrogens is 285 g/mol. The highest BCUT2D eigenvalue weighted by atomic mass is 16.6. The summed E-state index contributed by atoms with van der Waals surface area (Å²) >= 11 is 0. The Kier molecular flexibility index (Phi) is 4.80. The van der Waals surface area contributed by atoms with Crippen LogP contribution >= 0.6 is 0 Å². The van der Waals surface area contributed by atoms with Crippen molar-refractivity contribution >= 4 is 13.4 Å². The van der Waals surface area contributed by atoms with E-state index < -0.39 is 5.60 Å². The first kappa shape index (κ1) is 16.9. The molecule has 3 nitrogen and oxygen atoms in total. The molecule has 3 atom stereocenters. The molecule has 128 valence electrons. The fourth-order valence-corrected chi connectivity index (χ4v) is 5.07. The van der Waals surface area contributed by atoms with Crippen molar-refractivity contribution in [2.24, 2.45) is 11.8 Å². The van der Waals surface area contributed by atoms with Gasteiger partial charge in [-0.25, -0.2) is 4.79 Å². The van der Waals surface area contributed by atoms with Crippen molar-refractivity contribution in [1.29, 1.82) is 0 Å². The maximum atomic E-state index is 12.4. The van der Waals surface area contributed by atoms with Crippen molar-refractivity contribution in [2.45, 2.75) is 76.5 Å². The van der Waals surface area contributed by atoms with E-state index in [2.05, 4.69) is 6.58 Å². The Labute approximate surface area is 142 Å². The molecule has 3 saturated heterocycles. The molecule has 0 aliphatic carbocycles. The van der Waals surface area contributed by atoms with Crippen LogP contribution in [0.3, 0.4) is 0 Å². The zero-order chi connectivity index (χ0) is 16.6. The van der Waals surface area contributed by atoms with Crippen molar-refractivity contribution in [3.05, 3.63) is 12.2 Å². The van der Waals surface area contributed by atoms with Gasteiger partial charge in [-0.3, -0.25) is 0 Å². The Morgan fingerprint density at radius 1 is 1.22 bits per heavy atom. The smallest absolute Gasteiger partial charge is 0.410 e. The summed E-state index contributed by atoms with van der Waals surface area (Å²) in [5.41, 5.74) is 0.774. The van der Waals surface area contributed by atoms with Crippen LogP contribution in [0.15, 0.2) is 12.2 Å². The number of carbonyl (C=O) groups is 1. The molecule has 1 amide bonds. The van der Waals surface area contributed by atoms with Gasteiger partial charge in [-0.2, -0.15) is 0 Å². The first-order chi connectivity index (χ1) is 10.8. The average Bonchev–Trinajstić information content (AvgIpc) is 2.44. The summed E-state index contributed by atoms with van der Waals surface area (Å²) in [7, 11) is 1.46. The van der Waals surface area contributed by atoms with Gasteiger partial charge < -0.3 is 9.64 Å². The molecule has 0 spiro atoms. The van der Waals surface area contributed by atoms with E-state index in [4.69, 9.17) is 4.74 Å². The molecule has 3 fully saturated rings. The molecule has 0 aromatic heterocycles. The van der Waals surface area contributed by atoms with Gasteiger partial charge in [0.1, 0.15) is 12.9 Å². The number of piperidine rings is 1. The molecule has 3 unspecified atom stereocenters. The molecule has 3 aliphatic rings. The summed E-state index contributed by atoms with van der Waals surface area (Å²) in [5, 5.41) is 0. The fraction of sp³-hybridized carbons (Fsp3) is 0.842. The molecule has 3 rings (SSSR count). The van der Waals surface area contributed by atoms with Gasteiger partial charge in [0, 0.05) is 13.1 Å². The van der Waals surface area contributed by atoms with E-state index in [1.165, 1.54) is 45.0 Å². The number of ether oxygens (including phenoxy) is 1. The van der Waals surface area contributed by atoms with E-state index in [0.29, 0.717) is 12.5 Å². The zero-order valence-electron chi connectivity index (χ0n) is 15.1. The molecule has 2 bridgehead atoms. The second-order valence-corrected chi connectivity index (χ2v) is 9.21. The number of amides is 1. The average molecular weight is 317 g/mol. The van der Waals surface area contributed by atoms with Crippen molar-refractivity contribution in [3.63, 3.8) is 0 Å². The molecule has 0 aromatic carbocycles. The highest BCUT2D eigenvalue weighted by molar-refractivity contribution is 6.40. The van der Waals surface area contributed by atoms with Gasteiger partial charge in [-0.05, 0) is 39.0 Å². The lowest BCUT2D eigenvalue weighted by Gasteiger charge is -2.45. The fourth-order valence-electron chi connectivity index (χ4n) is 5.07. The SMILES string of the molecule is C=C1CC(C2CC3BC(CCC3)C2)CN(C(=O)OC(C)(C)C)C1. The van der Waals surface area contributed by atoms with Gasteiger partial charge in [-0.15, -0.1) is 0 Å². The van der Waals surface area contributed by atoms with Crippen LogP contribution in [0.4, 0.5) is 4.79 Å². The second-order valence-electron chi connectivity index (χ2n) is 9.21.